The number of nitrogens with two attached hydrogens (primary N) is 1. The summed E-state index contributed by atoms with van der Waals surface area (Å²) in [5.41, 5.74) is 9.71. The lowest BCUT2D eigenvalue weighted by Crippen LogP contribution is -2.47. The van der Waals surface area contributed by atoms with Crippen LogP contribution >= 0.6 is 36.4 Å². The van der Waals surface area contributed by atoms with Crippen LogP contribution in [0.2, 0.25) is 5.02 Å². The Balaban J connectivity index is 0.00000212. The number of aryl methyl sites for hydroxylation is 2. The first-order valence-electron chi connectivity index (χ1n) is 13.5. The molecule has 1 aliphatic rings. The average molecular weight is 648 g/mol. The molecule has 1 fully saturated rings. The summed E-state index contributed by atoms with van der Waals surface area (Å²) in [5.74, 6) is 1.00. The fraction of sp³-hybridized carbons (Fsp3) is 0.345. The molecule has 0 spiro atoms. The molecule has 0 bridgehead atoms. The van der Waals surface area contributed by atoms with Crippen LogP contribution in [0.25, 0.3) is 33.7 Å². The first-order valence-corrected chi connectivity index (χ1v) is 13.9. The Hall–Kier alpha value is -3.32. The number of nitrogens with zero attached hydrogens (tertiary/aromatic N) is 7. The van der Waals surface area contributed by atoms with E-state index in [9.17, 15) is 9.90 Å². The van der Waals surface area contributed by atoms with Gasteiger partial charge in [-0.2, -0.15) is 10.1 Å². The van der Waals surface area contributed by atoms with Crippen LogP contribution in [-0.2, 0) is 26.7 Å². The van der Waals surface area contributed by atoms with Crippen molar-refractivity contribution in [3.63, 3.8) is 0 Å². The van der Waals surface area contributed by atoms with Gasteiger partial charge >= 0.3 is 0 Å². The summed E-state index contributed by atoms with van der Waals surface area (Å²) in [6.07, 6.45) is 2.54. The molecular weight excluding hydrogens is 615 g/mol. The van der Waals surface area contributed by atoms with Gasteiger partial charge < -0.3 is 15.4 Å². The second-order valence-corrected chi connectivity index (χ2v) is 11.1. The van der Waals surface area contributed by atoms with Crippen LogP contribution in [0.4, 0.5) is 0 Å². The molecule has 228 valence electrons. The molecule has 14 heteroatoms. The fourth-order valence-corrected chi connectivity index (χ4v) is 5.64. The van der Waals surface area contributed by atoms with Crippen molar-refractivity contribution in [3.05, 3.63) is 81.2 Å². The summed E-state index contributed by atoms with van der Waals surface area (Å²) in [7, 11) is 1.80. The van der Waals surface area contributed by atoms with E-state index in [1.165, 1.54) is 10.9 Å². The first-order chi connectivity index (χ1) is 19.7. The number of hydrogen-bond acceptors (Lipinski definition) is 9. The van der Waals surface area contributed by atoms with Crippen LogP contribution < -0.4 is 11.3 Å². The van der Waals surface area contributed by atoms with E-state index in [0.29, 0.717) is 61.3 Å². The topological polar surface area (TPSA) is 141 Å². The summed E-state index contributed by atoms with van der Waals surface area (Å²) in [5, 5.41) is 20.5. The van der Waals surface area contributed by atoms with Gasteiger partial charge in [0.15, 0.2) is 5.52 Å². The number of hydrogen-bond donors (Lipinski definition) is 2. The van der Waals surface area contributed by atoms with Crippen LogP contribution in [0.1, 0.15) is 29.9 Å². The zero-order valence-corrected chi connectivity index (χ0v) is 26.1. The van der Waals surface area contributed by atoms with Crippen molar-refractivity contribution < 1.29 is 9.63 Å². The predicted octanol–water partition coefficient (Wildman–Crippen LogP) is 4.14. The third-order valence-corrected chi connectivity index (χ3v) is 8.11. The number of likely N-dealkylation sites (tertiary alicyclic amines) is 1. The maximum absolute atomic E-state index is 13.4. The molecule has 0 saturated carbocycles. The molecule has 11 nitrogen and oxygen atoms in total. The van der Waals surface area contributed by atoms with E-state index >= 15 is 0 Å². The van der Waals surface area contributed by atoms with Gasteiger partial charge in [0.2, 0.25) is 11.7 Å². The molecule has 1 aliphatic heterocycles. The molecule has 0 unspecified atom stereocenters. The highest BCUT2D eigenvalue weighted by Crippen LogP contribution is 2.29. The van der Waals surface area contributed by atoms with Crippen LogP contribution in [0.3, 0.4) is 0 Å². The van der Waals surface area contributed by atoms with E-state index in [1.54, 1.807) is 18.7 Å². The Labute approximate surface area is 265 Å². The maximum atomic E-state index is 13.4. The van der Waals surface area contributed by atoms with Crippen LogP contribution in [-0.4, -0.2) is 58.2 Å². The minimum Gasteiger partial charge on any atom is -0.388 e. The molecule has 6 rings (SSSR count). The highest BCUT2D eigenvalue weighted by Gasteiger charge is 2.33. The van der Waals surface area contributed by atoms with Gasteiger partial charge in [0.1, 0.15) is 5.52 Å². The standard InChI is InChI=1S/C29H31ClN8O3.2ClH/c1-18-33-27(35-41-18)21-7-8-22(23(30)13-21)15-37-11-9-29(40,10-12-37)16-38-17-32-24-25(28(38)39)34-36(2)26(24)20-5-3-19(14-31)4-6-20;;/h3-8,13,17,40H,9-12,14-16,31H2,1-2H3;2*1H. The number of fused-ring (bicyclic) bond motifs is 1. The second-order valence-electron chi connectivity index (χ2n) is 10.7. The Morgan fingerprint density at radius 2 is 1.77 bits per heavy atom. The predicted molar refractivity (Wildman–Crippen MR) is 170 cm³/mol. The van der Waals surface area contributed by atoms with E-state index in [0.717, 1.165) is 27.9 Å². The van der Waals surface area contributed by atoms with E-state index in [1.807, 2.05) is 42.5 Å². The van der Waals surface area contributed by atoms with Gasteiger partial charge in [-0.3, -0.25) is 18.9 Å². The fourth-order valence-electron chi connectivity index (χ4n) is 5.40. The van der Waals surface area contributed by atoms with Crippen molar-refractivity contribution in [2.75, 3.05) is 13.1 Å². The van der Waals surface area contributed by atoms with Crippen molar-refractivity contribution in [2.24, 2.45) is 12.8 Å². The van der Waals surface area contributed by atoms with Crippen molar-refractivity contribution in [1.29, 1.82) is 0 Å². The number of aromatic nitrogens is 6. The molecule has 3 aromatic heterocycles. The number of piperidine rings is 1. The normalized spacial score (nSPS) is 14.8. The molecule has 3 N–H and O–H groups in total. The second kappa shape index (κ2) is 13.1. The largest absolute Gasteiger partial charge is 0.388 e. The van der Waals surface area contributed by atoms with Gasteiger partial charge in [-0.05, 0) is 30.0 Å². The van der Waals surface area contributed by atoms with Gasteiger partial charge in [-0.25, -0.2) is 4.98 Å². The van der Waals surface area contributed by atoms with Crippen LogP contribution in [0.5, 0.6) is 0 Å². The maximum Gasteiger partial charge on any atom is 0.281 e. The van der Waals surface area contributed by atoms with Crippen molar-refractivity contribution >= 4 is 47.4 Å². The molecule has 5 aromatic rings. The lowest BCUT2D eigenvalue weighted by atomic mass is 9.91. The number of halogens is 3. The van der Waals surface area contributed by atoms with Crippen molar-refractivity contribution in [3.8, 4) is 22.6 Å². The molecule has 0 aliphatic carbocycles. The number of aliphatic hydroxyl groups is 1. The highest BCUT2D eigenvalue weighted by atomic mass is 35.5. The molecule has 1 saturated heterocycles. The number of rotatable bonds is 7. The molecule has 0 atom stereocenters. The first kappa shape index (κ1) is 32.6. The summed E-state index contributed by atoms with van der Waals surface area (Å²) in [4.78, 5) is 24.5. The van der Waals surface area contributed by atoms with Crippen molar-refractivity contribution in [1.82, 2.24) is 34.4 Å². The molecule has 0 radical (unpaired) electrons. The molecule has 2 aromatic carbocycles. The quantitative estimate of drug-likeness (QED) is 0.267. The van der Waals surface area contributed by atoms with Gasteiger partial charge in [-0.15, -0.1) is 24.8 Å². The lowest BCUT2D eigenvalue weighted by Gasteiger charge is -2.38. The van der Waals surface area contributed by atoms with E-state index in [4.69, 9.17) is 21.9 Å². The van der Waals surface area contributed by atoms with Crippen LogP contribution in [0.15, 0.2) is 58.1 Å². The molecule has 43 heavy (non-hydrogen) atoms. The molecular formula is C29H33Cl3N8O3. The Morgan fingerprint density at radius 3 is 2.40 bits per heavy atom. The number of benzene rings is 2. The molecule has 0 amide bonds. The van der Waals surface area contributed by atoms with E-state index in [2.05, 4.69) is 25.1 Å². The smallest absolute Gasteiger partial charge is 0.281 e. The van der Waals surface area contributed by atoms with E-state index < -0.39 is 5.60 Å². The zero-order valence-electron chi connectivity index (χ0n) is 23.7. The highest BCUT2D eigenvalue weighted by molar-refractivity contribution is 6.31. The summed E-state index contributed by atoms with van der Waals surface area (Å²) in [6, 6.07) is 13.6. The van der Waals surface area contributed by atoms with Gasteiger partial charge in [0.25, 0.3) is 5.56 Å². The monoisotopic (exact) mass is 646 g/mol. The third-order valence-electron chi connectivity index (χ3n) is 7.76. The third kappa shape index (κ3) is 6.62. The summed E-state index contributed by atoms with van der Waals surface area (Å²) in [6.45, 7) is 4.33. The van der Waals surface area contributed by atoms with Gasteiger partial charge in [0, 0.05) is 56.3 Å². The SMILES string of the molecule is Cc1nc(-c2ccc(CN3CCC(O)(Cn4cnc5c(-c6ccc(CN)cc6)n(C)nc5c4=O)CC3)c(Cl)c2)no1.Cl.Cl. The summed E-state index contributed by atoms with van der Waals surface area (Å²) < 4.78 is 8.21. The van der Waals surface area contributed by atoms with Crippen LogP contribution in [0, 0.1) is 6.92 Å². The van der Waals surface area contributed by atoms with E-state index in [-0.39, 0.29) is 42.4 Å². The van der Waals surface area contributed by atoms with Crippen molar-refractivity contribution in [2.45, 2.75) is 45.0 Å². The summed E-state index contributed by atoms with van der Waals surface area (Å²) >= 11 is 6.58. The Kier molecular flexibility index (Phi) is 9.95. The van der Waals surface area contributed by atoms with Gasteiger partial charge in [-0.1, -0.05) is 53.2 Å². The Bertz CT molecular complexity index is 1780. The minimum atomic E-state index is -1.03. The lowest BCUT2D eigenvalue weighted by molar-refractivity contribution is -0.0364. The van der Waals surface area contributed by atoms with Gasteiger partial charge in [0.05, 0.1) is 24.2 Å². The zero-order chi connectivity index (χ0) is 28.7. The molecule has 4 heterocycles. The minimum absolute atomic E-state index is 0. The Morgan fingerprint density at radius 1 is 1.07 bits per heavy atom. The average Bonchev–Trinajstić information content (AvgIpc) is 3.55.